The van der Waals surface area contributed by atoms with Crippen molar-refractivity contribution < 1.29 is 22.7 Å². The molecule has 0 fully saturated rings. The van der Waals surface area contributed by atoms with Crippen LogP contribution in [0.4, 0.5) is 5.69 Å². The van der Waals surface area contributed by atoms with E-state index >= 15 is 0 Å². The molecule has 0 saturated heterocycles. The highest BCUT2D eigenvalue weighted by molar-refractivity contribution is 7.91. The number of para-hydroxylation sites is 1. The molecule has 0 heterocycles. The Morgan fingerprint density at radius 1 is 1.08 bits per heavy atom. The highest BCUT2D eigenvalue weighted by atomic mass is 32.2. The maximum atomic E-state index is 12.4. The minimum Gasteiger partial charge on any atom is -0.497 e. The van der Waals surface area contributed by atoms with Crippen molar-refractivity contribution >= 4 is 21.5 Å². The number of aryl methyl sites for hydroxylation is 1. The van der Waals surface area contributed by atoms with Crippen molar-refractivity contribution in [3.05, 3.63) is 53.6 Å². The summed E-state index contributed by atoms with van der Waals surface area (Å²) in [6.07, 6.45) is 0. The van der Waals surface area contributed by atoms with Crippen LogP contribution in [0.15, 0.2) is 47.4 Å². The van der Waals surface area contributed by atoms with Crippen LogP contribution in [-0.2, 0) is 14.6 Å². The van der Waals surface area contributed by atoms with Gasteiger partial charge >= 0.3 is 5.97 Å². The molecule has 0 aromatic heterocycles. The van der Waals surface area contributed by atoms with Crippen LogP contribution in [0.5, 0.6) is 5.75 Å². The SMILES string of the molecule is COC(=O)c1cccc(C)c1NCS(=O)(=O)c1ccc(OC)cc1. The summed E-state index contributed by atoms with van der Waals surface area (Å²) >= 11 is 0. The quantitative estimate of drug-likeness (QED) is 0.808. The molecule has 0 aliphatic rings. The molecular formula is C17H19NO5S. The third kappa shape index (κ3) is 3.86. The van der Waals surface area contributed by atoms with E-state index in [2.05, 4.69) is 5.32 Å². The van der Waals surface area contributed by atoms with Gasteiger partial charge in [0.05, 0.1) is 30.4 Å². The van der Waals surface area contributed by atoms with Crippen molar-refractivity contribution in [2.45, 2.75) is 11.8 Å². The van der Waals surface area contributed by atoms with Gasteiger partial charge in [-0.1, -0.05) is 12.1 Å². The van der Waals surface area contributed by atoms with Gasteiger partial charge < -0.3 is 14.8 Å². The molecule has 24 heavy (non-hydrogen) atoms. The molecule has 0 saturated carbocycles. The number of hydrogen-bond donors (Lipinski definition) is 1. The second kappa shape index (κ2) is 7.35. The van der Waals surface area contributed by atoms with Gasteiger partial charge in [0.2, 0.25) is 0 Å². The minimum absolute atomic E-state index is 0.170. The van der Waals surface area contributed by atoms with Crippen molar-refractivity contribution in [2.24, 2.45) is 0 Å². The van der Waals surface area contributed by atoms with Crippen LogP contribution in [0.25, 0.3) is 0 Å². The van der Waals surface area contributed by atoms with Crippen molar-refractivity contribution in [3.63, 3.8) is 0 Å². The van der Waals surface area contributed by atoms with E-state index in [1.165, 1.54) is 26.4 Å². The van der Waals surface area contributed by atoms with Gasteiger partial charge in [-0.15, -0.1) is 0 Å². The van der Waals surface area contributed by atoms with Crippen LogP contribution in [-0.4, -0.2) is 34.5 Å². The molecule has 0 aliphatic heterocycles. The van der Waals surface area contributed by atoms with E-state index in [1.807, 2.05) is 0 Å². The van der Waals surface area contributed by atoms with E-state index in [0.717, 1.165) is 5.56 Å². The molecule has 2 aromatic rings. The number of ether oxygens (including phenoxy) is 2. The van der Waals surface area contributed by atoms with E-state index in [0.29, 0.717) is 17.0 Å². The Labute approximate surface area is 141 Å². The molecule has 0 aliphatic carbocycles. The summed E-state index contributed by atoms with van der Waals surface area (Å²) in [5.74, 6) is -0.286. The Morgan fingerprint density at radius 3 is 2.33 bits per heavy atom. The third-order valence-electron chi connectivity index (χ3n) is 3.54. The van der Waals surface area contributed by atoms with Gasteiger partial charge in [-0.2, -0.15) is 0 Å². The summed E-state index contributed by atoms with van der Waals surface area (Å²) in [6, 6.07) is 11.2. The van der Waals surface area contributed by atoms with Gasteiger partial charge in [0.25, 0.3) is 0 Å². The van der Waals surface area contributed by atoms with Gasteiger partial charge in [-0.3, -0.25) is 0 Å². The molecule has 0 unspecified atom stereocenters. The number of rotatable bonds is 6. The second-order valence-corrected chi connectivity index (χ2v) is 7.09. The average Bonchev–Trinajstić information content (AvgIpc) is 2.59. The molecule has 0 atom stereocenters. The number of esters is 1. The molecule has 128 valence electrons. The van der Waals surface area contributed by atoms with Gasteiger partial charge in [0.1, 0.15) is 11.6 Å². The molecule has 7 heteroatoms. The fourth-order valence-electron chi connectivity index (χ4n) is 2.22. The Bertz CT molecular complexity index is 829. The van der Waals surface area contributed by atoms with Crippen LogP contribution in [0.3, 0.4) is 0 Å². The van der Waals surface area contributed by atoms with Crippen molar-refractivity contribution in [1.82, 2.24) is 0 Å². The summed E-state index contributed by atoms with van der Waals surface area (Å²) in [5.41, 5.74) is 1.49. The summed E-state index contributed by atoms with van der Waals surface area (Å²) in [6.45, 7) is 1.79. The number of nitrogens with one attached hydrogen (secondary N) is 1. The molecule has 0 spiro atoms. The molecule has 2 rings (SSSR count). The average molecular weight is 349 g/mol. The standard InChI is InChI=1S/C17H19NO5S/c1-12-5-4-6-15(17(19)23-3)16(12)18-11-24(20,21)14-9-7-13(22-2)8-10-14/h4-10,18H,11H2,1-3H3. The lowest BCUT2D eigenvalue weighted by Gasteiger charge is -2.14. The first kappa shape index (κ1) is 17.8. The van der Waals surface area contributed by atoms with E-state index in [-0.39, 0.29) is 10.8 Å². The molecule has 6 nitrogen and oxygen atoms in total. The van der Waals surface area contributed by atoms with Gasteiger partial charge in [0, 0.05) is 0 Å². The van der Waals surface area contributed by atoms with Gasteiger partial charge in [-0.25, -0.2) is 13.2 Å². The Kier molecular flexibility index (Phi) is 5.46. The Hall–Kier alpha value is -2.54. The van der Waals surface area contributed by atoms with Crippen molar-refractivity contribution in [2.75, 3.05) is 25.4 Å². The number of hydrogen-bond acceptors (Lipinski definition) is 6. The molecular weight excluding hydrogens is 330 g/mol. The number of sulfone groups is 1. The fraction of sp³-hybridized carbons (Fsp3) is 0.235. The van der Waals surface area contributed by atoms with E-state index < -0.39 is 15.8 Å². The largest absolute Gasteiger partial charge is 0.497 e. The summed E-state index contributed by atoms with van der Waals surface area (Å²) in [4.78, 5) is 12.0. The molecule has 1 N–H and O–H groups in total. The number of carbonyl (C=O) groups excluding carboxylic acids is 1. The summed E-state index contributed by atoms with van der Waals surface area (Å²) < 4.78 is 34.6. The van der Waals surface area contributed by atoms with Crippen LogP contribution in [0.1, 0.15) is 15.9 Å². The van der Waals surface area contributed by atoms with Gasteiger partial charge in [0.15, 0.2) is 9.84 Å². The second-order valence-electron chi connectivity index (χ2n) is 5.10. The van der Waals surface area contributed by atoms with Crippen LogP contribution < -0.4 is 10.1 Å². The predicted molar refractivity (Wildman–Crippen MR) is 91.2 cm³/mol. The number of benzene rings is 2. The van der Waals surface area contributed by atoms with Crippen molar-refractivity contribution in [1.29, 1.82) is 0 Å². The minimum atomic E-state index is -3.57. The maximum Gasteiger partial charge on any atom is 0.339 e. The fourth-order valence-corrected chi connectivity index (χ4v) is 3.27. The Morgan fingerprint density at radius 2 is 1.75 bits per heavy atom. The first-order chi connectivity index (χ1) is 11.4. The summed E-state index contributed by atoms with van der Waals surface area (Å²) in [7, 11) is -0.776. The van der Waals surface area contributed by atoms with E-state index in [4.69, 9.17) is 9.47 Å². The first-order valence-corrected chi connectivity index (χ1v) is 8.83. The highest BCUT2D eigenvalue weighted by Crippen LogP contribution is 2.23. The predicted octanol–water partition coefficient (Wildman–Crippen LogP) is 2.63. The normalized spacial score (nSPS) is 11.0. The molecule has 0 bridgehead atoms. The number of anilines is 1. The first-order valence-electron chi connectivity index (χ1n) is 7.17. The lowest BCUT2D eigenvalue weighted by Crippen LogP contribution is -2.17. The smallest absolute Gasteiger partial charge is 0.339 e. The number of methoxy groups -OCH3 is 2. The molecule has 0 amide bonds. The number of carbonyl (C=O) groups is 1. The zero-order valence-electron chi connectivity index (χ0n) is 13.7. The van der Waals surface area contributed by atoms with E-state index in [1.54, 1.807) is 37.3 Å². The topological polar surface area (TPSA) is 81.7 Å². The van der Waals surface area contributed by atoms with Crippen LogP contribution >= 0.6 is 0 Å². The highest BCUT2D eigenvalue weighted by Gasteiger charge is 2.18. The van der Waals surface area contributed by atoms with Crippen LogP contribution in [0.2, 0.25) is 0 Å². The van der Waals surface area contributed by atoms with Gasteiger partial charge in [-0.05, 0) is 42.8 Å². The summed E-state index contributed by atoms with van der Waals surface area (Å²) in [5, 5.41) is 2.84. The Balaban J connectivity index is 2.25. The molecule has 0 radical (unpaired) electrons. The van der Waals surface area contributed by atoms with Crippen LogP contribution in [0, 0.1) is 6.92 Å². The monoisotopic (exact) mass is 349 g/mol. The third-order valence-corrected chi connectivity index (χ3v) is 5.05. The lowest BCUT2D eigenvalue weighted by molar-refractivity contribution is 0.0601. The zero-order valence-corrected chi connectivity index (χ0v) is 14.5. The maximum absolute atomic E-state index is 12.4. The lowest BCUT2D eigenvalue weighted by atomic mass is 10.1. The zero-order chi connectivity index (χ0) is 17.7. The molecule has 2 aromatic carbocycles. The van der Waals surface area contributed by atoms with E-state index in [9.17, 15) is 13.2 Å². The van der Waals surface area contributed by atoms with Crippen molar-refractivity contribution in [3.8, 4) is 5.75 Å².